The van der Waals surface area contributed by atoms with Gasteiger partial charge in [-0.05, 0) is 55.4 Å². The number of thiocarbonyl (C=S) groups is 1. The highest BCUT2D eigenvalue weighted by Crippen LogP contribution is 2.44. The molecule has 3 nitrogen and oxygen atoms in total. The summed E-state index contributed by atoms with van der Waals surface area (Å²) in [6.07, 6.45) is 7.16. The van der Waals surface area contributed by atoms with Crippen LogP contribution >= 0.6 is 12.2 Å². The zero-order valence-electron chi connectivity index (χ0n) is 12.2. The minimum atomic E-state index is 0.511. The lowest BCUT2D eigenvalue weighted by atomic mass is 9.96. The van der Waals surface area contributed by atoms with Crippen LogP contribution < -0.4 is 15.4 Å². The molecule has 2 N–H and O–H groups in total. The minimum absolute atomic E-state index is 0.511. The molecule has 112 valence electrons. The largest absolute Gasteiger partial charge is 0.489 e. The van der Waals surface area contributed by atoms with Gasteiger partial charge in [0.1, 0.15) is 12.4 Å². The van der Waals surface area contributed by atoms with Gasteiger partial charge in [0.25, 0.3) is 0 Å². The van der Waals surface area contributed by atoms with E-state index in [1.807, 2.05) is 24.3 Å². The van der Waals surface area contributed by atoms with Crippen molar-refractivity contribution in [3.63, 3.8) is 0 Å². The Balaban J connectivity index is 1.53. The zero-order valence-corrected chi connectivity index (χ0v) is 13.0. The summed E-state index contributed by atoms with van der Waals surface area (Å²) in [5.41, 5.74) is 0.956. The van der Waals surface area contributed by atoms with E-state index in [0.29, 0.717) is 17.8 Å². The fourth-order valence-corrected chi connectivity index (χ4v) is 3.85. The van der Waals surface area contributed by atoms with Crippen LogP contribution in [-0.2, 0) is 0 Å². The summed E-state index contributed by atoms with van der Waals surface area (Å²) in [4.78, 5) is 0. The number of hydrogen-bond donors (Lipinski definition) is 2. The van der Waals surface area contributed by atoms with Gasteiger partial charge in [-0.15, -0.1) is 0 Å². The first-order valence-electron chi connectivity index (χ1n) is 7.66. The summed E-state index contributed by atoms with van der Waals surface area (Å²) in [6.45, 7) is 4.16. The summed E-state index contributed by atoms with van der Waals surface area (Å²) < 4.78 is 5.53. The molecule has 2 saturated carbocycles. The van der Waals surface area contributed by atoms with Crippen molar-refractivity contribution in [3.05, 3.63) is 36.9 Å². The molecule has 2 aliphatic rings. The lowest BCUT2D eigenvalue weighted by Gasteiger charge is -2.24. The molecule has 3 rings (SSSR count). The van der Waals surface area contributed by atoms with E-state index in [2.05, 4.69) is 17.2 Å². The maximum Gasteiger partial charge on any atom is 0.171 e. The van der Waals surface area contributed by atoms with Crippen molar-refractivity contribution in [1.29, 1.82) is 0 Å². The molecule has 0 amide bonds. The molecular formula is C17H22N2OS. The van der Waals surface area contributed by atoms with Crippen molar-refractivity contribution >= 4 is 23.0 Å². The van der Waals surface area contributed by atoms with E-state index in [-0.39, 0.29) is 0 Å². The molecule has 3 unspecified atom stereocenters. The first kappa shape index (κ1) is 14.4. The number of anilines is 1. The molecule has 0 aliphatic heterocycles. The molecule has 1 aromatic carbocycles. The van der Waals surface area contributed by atoms with Crippen LogP contribution in [0.15, 0.2) is 36.9 Å². The Morgan fingerprint density at radius 1 is 1.38 bits per heavy atom. The van der Waals surface area contributed by atoms with Crippen molar-refractivity contribution in [2.24, 2.45) is 11.8 Å². The van der Waals surface area contributed by atoms with Crippen LogP contribution in [0.4, 0.5) is 5.69 Å². The lowest BCUT2D eigenvalue weighted by molar-refractivity contribution is 0.363. The molecule has 0 spiro atoms. The first-order chi connectivity index (χ1) is 10.2. The normalized spacial score (nSPS) is 26.4. The second kappa shape index (κ2) is 6.48. The van der Waals surface area contributed by atoms with E-state index in [1.165, 1.54) is 25.7 Å². The van der Waals surface area contributed by atoms with Gasteiger partial charge in [-0.1, -0.05) is 25.1 Å². The summed E-state index contributed by atoms with van der Waals surface area (Å²) in [6, 6.07) is 8.40. The predicted molar refractivity (Wildman–Crippen MR) is 90.7 cm³/mol. The van der Waals surface area contributed by atoms with Crippen molar-refractivity contribution in [1.82, 2.24) is 5.32 Å². The zero-order chi connectivity index (χ0) is 14.7. The van der Waals surface area contributed by atoms with Crippen molar-refractivity contribution < 1.29 is 4.74 Å². The Hall–Kier alpha value is -1.55. The van der Waals surface area contributed by atoms with Crippen LogP contribution in [0.2, 0.25) is 0 Å². The van der Waals surface area contributed by atoms with Crippen LogP contribution in [0.3, 0.4) is 0 Å². The van der Waals surface area contributed by atoms with E-state index in [1.54, 1.807) is 6.08 Å². The highest BCUT2D eigenvalue weighted by Gasteiger charge is 2.39. The smallest absolute Gasteiger partial charge is 0.171 e. The average molecular weight is 302 g/mol. The molecule has 0 saturated heterocycles. The summed E-state index contributed by atoms with van der Waals surface area (Å²) in [5, 5.41) is 7.46. The maximum atomic E-state index is 5.53. The van der Waals surface area contributed by atoms with E-state index < -0.39 is 0 Å². The van der Waals surface area contributed by atoms with E-state index in [0.717, 1.165) is 23.3 Å². The third-order valence-corrected chi connectivity index (χ3v) is 4.73. The summed E-state index contributed by atoms with van der Waals surface area (Å²) in [5.74, 6) is 2.56. The molecule has 3 atom stereocenters. The molecule has 4 heteroatoms. The quantitative estimate of drug-likeness (QED) is 0.641. The molecule has 2 bridgehead atoms. The first-order valence-corrected chi connectivity index (χ1v) is 8.06. The molecule has 0 heterocycles. The molecule has 2 aliphatic carbocycles. The SMILES string of the molecule is C=CCOc1cccc(NC(=S)NC2CC3CCC2C3)c1. The highest BCUT2D eigenvalue weighted by atomic mass is 32.1. The van der Waals surface area contributed by atoms with Gasteiger partial charge in [-0.25, -0.2) is 0 Å². The van der Waals surface area contributed by atoms with E-state index >= 15 is 0 Å². The number of hydrogen-bond acceptors (Lipinski definition) is 2. The van der Waals surface area contributed by atoms with Crippen LogP contribution in [-0.4, -0.2) is 17.8 Å². The van der Waals surface area contributed by atoms with Crippen molar-refractivity contribution in [3.8, 4) is 5.75 Å². The average Bonchev–Trinajstić information content (AvgIpc) is 3.08. The van der Waals surface area contributed by atoms with Crippen molar-refractivity contribution in [2.45, 2.75) is 31.7 Å². The Labute approximate surface area is 131 Å². The number of ether oxygens (including phenoxy) is 1. The van der Waals surface area contributed by atoms with Gasteiger partial charge in [0, 0.05) is 17.8 Å². The molecule has 21 heavy (non-hydrogen) atoms. The molecule has 2 fully saturated rings. The molecular weight excluding hydrogens is 280 g/mol. The van der Waals surface area contributed by atoms with E-state index in [9.17, 15) is 0 Å². The lowest BCUT2D eigenvalue weighted by Crippen LogP contribution is -2.40. The van der Waals surface area contributed by atoms with Gasteiger partial charge in [0.2, 0.25) is 0 Å². The van der Waals surface area contributed by atoms with Gasteiger partial charge >= 0.3 is 0 Å². The van der Waals surface area contributed by atoms with Gasteiger partial charge in [-0.2, -0.15) is 0 Å². The predicted octanol–water partition coefficient (Wildman–Crippen LogP) is 3.73. The van der Waals surface area contributed by atoms with E-state index in [4.69, 9.17) is 17.0 Å². The van der Waals surface area contributed by atoms with Gasteiger partial charge in [0.05, 0.1) is 0 Å². The fraction of sp³-hybridized carbons (Fsp3) is 0.471. The molecule has 1 aromatic rings. The third kappa shape index (κ3) is 3.56. The second-order valence-electron chi connectivity index (χ2n) is 6.01. The maximum absolute atomic E-state index is 5.53. The summed E-state index contributed by atoms with van der Waals surface area (Å²) >= 11 is 5.44. The standard InChI is InChI=1S/C17H22N2OS/c1-2-8-20-15-5-3-4-14(11-15)18-17(21)19-16-10-12-6-7-13(16)9-12/h2-5,11-13,16H,1,6-10H2,(H2,18,19,21). The Morgan fingerprint density at radius 2 is 2.29 bits per heavy atom. The van der Waals surface area contributed by atoms with Crippen LogP contribution in [0, 0.1) is 11.8 Å². The monoisotopic (exact) mass is 302 g/mol. The van der Waals surface area contributed by atoms with Crippen LogP contribution in [0.5, 0.6) is 5.75 Å². The second-order valence-corrected chi connectivity index (χ2v) is 6.42. The Morgan fingerprint density at radius 3 is 3.00 bits per heavy atom. The molecule has 0 radical (unpaired) electrons. The van der Waals surface area contributed by atoms with Gasteiger partial charge in [0.15, 0.2) is 5.11 Å². The minimum Gasteiger partial charge on any atom is -0.489 e. The van der Waals surface area contributed by atoms with Crippen LogP contribution in [0.25, 0.3) is 0 Å². The Kier molecular flexibility index (Phi) is 4.44. The van der Waals surface area contributed by atoms with Gasteiger partial charge in [-0.3, -0.25) is 0 Å². The third-order valence-electron chi connectivity index (χ3n) is 4.51. The number of nitrogens with one attached hydrogen (secondary N) is 2. The topological polar surface area (TPSA) is 33.3 Å². The van der Waals surface area contributed by atoms with Crippen LogP contribution in [0.1, 0.15) is 25.7 Å². The number of fused-ring (bicyclic) bond motifs is 2. The fourth-order valence-electron chi connectivity index (χ4n) is 3.58. The highest BCUT2D eigenvalue weighted by molar-refractivity contribution is 7.80. The molecule has 0 aromatic heterocycles. The van der Waals surface area contributed by atoms with Gasteiger partial charge < -0.3 is 15.4 Å². The van der Waals surface area contributed by atoms with Crippen molar-refractivity contribution in [2.75, 3.05) is 11.9 Å². The Bertz CT molecular complexity index is 531. The number of benzene rings is 1. The number of rotatable bonds is 5. The summed E-state index contributed by atoms with van der Waals surface area (Å²) in [7, 11) is 0.